The van der Waals surface area contributed by atoms with Gasteiger partial charge in [0.1, 0.15) is 0 Å². The lowest BCUT2D eigenvalue weighted by atomic mass is 9.76. The van der Waals surface area contributed by atoms with Crippen LogP contribution in [-0.2, 0) is 6.54 Å². The molecule has 1 saturated carbocycles. The van der Waals surface area contributed by atoms with E-state index in [1.165, 1.54) is 25.7 Å². The molecule has 1 heterocycles. The van der Waals surface area contributed by atoms with Crippen LogP contribution in [0.25, 0.3) is 0 Å². The van der Waals surface area contributed by atoms with Crippen LogP contribution in [0.1, 0.15) is 38.3 Å². The molecule has 0 bridgehead atoms. The van der Waals surface area contributed by atoms with E-state index < -0.39 is 0 Å². The maximum absolute atomic E-state index is 6.00. The van der Waals surface area contributed by atoms with E-state index in [4.69, 9.17) is 5.73 Å². The summed E-state index contributed by atoms with van der Waals surface area (Å²) in [4.78, 5) is 6.73. The van der Waals surface area contributed by atoms with Crippen molar-refractivity contribution >= 4 is 11.3 Å². The minimum absolute atomic E-state index is 0.120. The first-order chi connectivity index (χ1) is 8.14. The third-order valence-corrected chi connectivity index (χ3v) is 4.83. The minimum atomic E-state index is 0.120. The van der Waals surface area contributed by atoms with Gasteiger partial charge in [0.15, 0.2) is 0 Å². The fourth-order valence-corrected chi connectivity index (χ4v) is 3.01. The van der Waals surface area contributed by atoms with E-state index in [1.807, 2.05) is 5.51 Å². The van der Waals surface area contributed by atoms with Gasteiger partial charge >= 0.3 is 0 Å². The van der Waals surface area contributed by atoms with Gasteiger partial charge in [0.05, 0.1) is 11.2 Å². The standard InChI is InChI=1S/C13H23N3S/c1-13(9-14,6-11-4-3-5-11)16(2)7-12-8-17-10-15-12/h8,10-11H,3-7,9,14H2,1-2H3. The van der Waals surface area contributed by atoms with E-state index in [9.17, 15) is 0 Å². The molecule has 2 rings (SSSR count). The van der Waals surface area contributed by atoms with E-state index in [-0.39, 0.29) is 5.54 Å². The molecule has 0 saturated heterocycles. The molecule has 4 heteroatoms. The van der Waals surface area contributed by atoms with E-state index in [0.717, 1.165) is 24.7 Å². The van der Waals surface area contributed by atoms with Gasteiger partial charge in [-0.25, -0.2) is 4.98 Å². The Kier molecular flexibility index (Phi) is 4.17. The van der Waals surface area contributed by atoms with Gasteiger partial charge in [-0.3, -0.25) is 4.90 Å². The normalized spacial score (nSPS) is 20.2. The van der Waals surface area contributed by atoms with Crippen LogP contribution in [0, 0.1) is 5.92 Å². The summed E-state index contributed by atoms with van der Waals surface area (Å²) in [5, 5.41) is 2.12. The Labute approximate surface area is 108 Å². The van der Waals surface area contributed by atoms with Crippen LogP contribution in [0.4, 0.5) is 0 Å². The van der Waals surface area contributed by atoms with Crippen LogP contribution in [0.15, 0.2) is 10.9 Å². The van der Waals surface area contributed by atoms with Crippen molar-refractivity contribution < 1.29 is 0 Å². The molecular weight excluding hydrogens is 230 g/mol. The van der Waals surface area contributed by atoms with Crippen molar-refractivity contribution in [2.75, 3.05) is 13.6 Å². The molecule has 1 aliphatic rings. The molecule has 1 unspecified atom stereocenters. The number of thiazole rings is 1. The van der Waals surface area contributed by atoms with Crippen molar-refractivity contribution in [3.63, 3.8) is 0 Å². The van der Waals surface area contributed by atoms with Gasteiger partial charge in [-0.05, 0) is 26.3 Å². The summed E-state index contributed by atoms with van der Waals surface area (Å²) in [6.07, 6.45) is 5.41. The molecule has 3 nitrogen and oxygen atoms in total. The van der Waals surface area contributed by atoms with Crippen molar-refractivity contribution in [2.24, 2.45) is 11.7 Å². The van der Waals surface area contributed by atoms with Crippen LogP contribution in [-0.4, -0.2) is 29.0 Å². The lowest BCUT2D eigenvalue weighted by Crippen LogP contribution is -2.51. The highest BCUT2D eigenvalue weighted by Gasteiger charge is 2.33. The van der Waals surface area contributed by atoms with Gasteiger partial charge in [0, 0.05) is 24.0 Å². The Bertz CT molecular complexity index is 334. The van der Waals surface area contributed by atoms with Gasteiger partial charge in [0.25, 0.3) is 0 Å². The zero-order chi connectivity index (χ0) is 12.3. The van der Waals surface area contributed by atoms with Gasteiger partial charge in [-0.15, -0.1) is 11.3 Å². The SMILES string of the molecule is CN(Cc1cscn1)C(C)(CN)CC1CCC1. The molecule has 1 fully saturated rings. The van der Waals surface area contributed by atoms with Crippen molar-refractivity contribution in [2.45, 2.75) is 44.7 Å². The average molecular weight is 253 g/mol. The molecule has 0 aromatic carbocycles. The van der Waals surface area contributed by atoms with Crippen molar-refractivity contribution in [1.82, 2.24) is 9.88 Å². The first-order valence-electron chi connectivity index (χ1n) is 6.42. The summed E-state index contributed by atoms with van der Waals surface area (Å²) in [7, 11) is 2.17. The Balaban J connectivity index is 1.95. The zero-order valence-corrected chi connectivity index (χ0v) is 11.7. The summed E-state index contributed by atoms with van der Waals surface area (Å²) in [6, 6.07) is 0. The van der Waals surface area contributed by atoms with Crippen LogP contribution >= 0.6 is 11.3 Å². The first kappa shape index (κ1) is 13.0. The Morgan fingerprint density at radius 2 is 2.35 bits per heavy atom. The number of nitrogens with zero attached hydrogens (tertiary/aromatic N) is 2. The Hall–Kier alpha value is -0.450. The predicted molar refractivity (Wildman–Crippen MR) is 73.0 cm³/mol. The van der Waals surface area contributed by atoms with E-state index in [0.29, 0.717) is 0 Å². The summed E-state index contributed by atoms with van der Waals surface area (Å²) in [5.41, 5.74) is 9.18. The summed E-state index contributed by atoms with van der Waals surface area (Å²) < 4.78 is 0. The molecular formula is C13H23N3S. The smallest absolute Gasteiger partial charge is 0.0795 e. The third kappa shape index (κ3) is 3.06. The van der Waals surface area contributed by atoms with Gasteiger partial charge in [-0.2, -0.15) is 0 Å². The average Bonchev–Trinajstić information content (AvgIpc) is 2.76. The van der Waals surface area contributed by atoms with Gasteiger partial charge < -0.3 is 5.73 Å². The number of likely N-dealkylation sites (N-methyl/N-ethyl adjacent to an activating group) is 1. The Morgan fingerprint density at radius 1 is 1.59 bits per heavy atom. The quantitative estimate of drug-likeness (QED) is 0.847. The Morgan fingerprint density at radius 3 is 2.82 bits per heavy atom. The largest absolute Gasteiger partial charge is 0.329 e. The lowest BCUT2D eigenvalue weighted by molar-refractivity contribution is 0.0848. The van der Waals surface area contributed by atoms with Crippen molar-refractivity contribution in [1.29, 1.82) is 0 Å². The second-order valence-corrected chi connectivity index (χ2v) is 6.26. The van der Waals surface area contributed by atoms with Crippen LogP contribution in [0.5, 0.6) is 0 Å². The predicted octanol–water partition coefficient (Wildman–Crippen LogP) is 2.48. The van der Waals surface area contributed by atoms with Gasteiger partial charge in [-0.1, -0.05) is 19.3 Å². The molecule has 0 spiro atoms. The molecule has 17 heavy (non-hydrogen) atoms. The van der Waals surface area contributed by atoms with Crippen LogP contribution < -0.4 is 5.73 Å². The highest BCUT2D eigenvalue weighted by Crippen LogP contribution is 2.35. The molecule has 1 aliphatic carbocycles. The molecule has 0 radical (unpaired) electrons. The van der Waals surface area contributed by atoms with E-state index in [2.05, 4.69) is 29.2 Å². The molecule has 0 aliphatic heterocycles. The second-order valence-electron chi connectivity index (χ2n) is 5.54. The number of nitrogens with two attached hydrogens (primary N) is 1. The van der Waals surface area contributed by atoms with E-state index in [1.54, 1.807) is 11.3 Å². The first-order valence-corrected chi connectivity index (χ1v) is 7.37. The number of hydrogen-bond donors (Lipinski definition) is 1. The maximum atomic E-state index is 6.00. The molecule has 1 aromatic heterocycles. The maximum Gasteiger partial charge on any atom is 0.0795 e. The highest BCUT2D eigenvalue weighted by atomic mass is 32.1. The topological polar surface area (TPSA) is 42.2 Å². The highest BCUT2D eigenvalue weighted by molar-refractivity contribution is 7.07. The fraction of sp³-hybridized carbons (Fsp3) is 0.769. The number of rotatable bonds is 6. The number of aromatic nitrogens is 1. The second kappa shape index (κ2) is 5.46. The molecule has 0 amide bonds. The summed E-state index contributed by atoms with van der Waals surface area (Å²) in [6.45, 7) is 3.92. The van der Waals surface area contributed by atoms with Gasteiger partial charge in [0.2, 0.25) is 0 Å². The molecule has 96 valence electrons. The number of hydrogen-bond acceptors (Lipinski definition) is 4. The molecule has 1 atom stereocenters. The molecule has 2 N–H and O–H groups in total. The van der Waals surface area contributed by atoms with E-state index >= 15 is 0 Å². The van der Waals surface area contributed by atoms with Crippen LogP contribution in [0.3, 0.4) is 0 Å². The summed E-state index contributed by atoms with van der Waals surface area (Å²) in [5.74, 6) is 0.890. The van der Waals surface area contributed by atoms with Crippen LogP contribution in [0.2, 0.25) is 0 Å². The fourth-order valence-electron chi connectivity index (χ4n) is 2.46. The van der Waals surface area contributed by atoms with Crippen molar-refractivity contribution in [3.8, 4) is 0 Å². The minimum Gasteiger partial charge on any atom is -0.329 e. The molecule has 1 aromatic rings. The zero-order valence-electron chi connectivity index (χ0n) is 10.9. The lowest BCUT2D eigenvalue weighted by Gasteiger charge is -2.42. The monoisotopic (exact) mass is 253 g/mol. The van der Waals surface area contributed by atoms with Crippen molar-refractivity contribution in [3.05, 3.63) is 16.6 Å². The summed E-state index contributed by atoms with van der Waals surface area (Å²) >= 11 is 1.66. The third-order valence-electron chi connectivity index (χ3n) is 4.20.